The number of hydrogen-bond donors (Lipinski definition) is 0. The summed E-state index contributed by atoms with van der Waals surface area (Å²) in [6.45, 7) is 5.07. The summed E-state index contributed by atoms with van der Waals surface area (Å²) in [5.74, 6) is 0. The molecule has 0 amide bonds. The van der Waals surface area contributed by atoms with Gasteiger partial charge in [0, 0.05) is 18.1 Å². The van der Waals surface area contributed by atoms with E-state index in [-0.39, 0.29) is 0 Å². The molecule has 1 aliphatic rings. The van der Waals surface area contributed by atoms with Crippen LogP contribution < -0.4 is 0 Å². The Balaban J connectivity index is 2.30. The fourth-order valence-electron chi connectivity index (χ4n) is 1.95. The maximum atomic E-state index is 12.4. The molecule has 1 aliphatic heterocycles. The normalized spacial score (nSPS) is 18.2. The van der Waals surface area contributed by atoms with Crippen molar-refractivity contribution in [2.75, 3.05) is 13.1 Å². The number of nitrogens with zero attached hydrogens (tertiary/aromatic N) is 1. The van der Waals surface area contributed by atoms with Crippen molar-refractivity contribution in [3.8, 4) is 0 Å². The predicted octanol–water partition coefficient (Wildman–Crippen LogP) is 3.07. The van der Waals surface area contributed by atoms with E-state index in [4.69, 9.17) is 11.6 Å². The fourth-order valence-corrected chi connectivity index (χ4v) is 3.54. The average molecular weight is 286 g/mol. The Kier molecular flexibility index (Phi) is 3.80. The van der Waals surface area contributed by atoms with Crippen molar-refractivity contribution in [1.29, 1.82) is 0 Å². The van der Waals surface area contributed by atoms with E-state index in [1.165, 1.54) is 9.88 Å². The van der Waals surface area contributed by atoms with Crippen molar-refractivity contribution in [3.63, 3.8) is 0 Å². The standard InChI is InChI=1S/C13H16ClNO2S/c1-10-7-8-15(9-11(10)2)18(16,17)13-5-3-12(14)4-6-13/h3-6H,7-9H2,1-2H3. The number of rotatable bonds is 2. The molecule has 0 aromatic heterocycles. The Bertz CT molecular complexity index is 576. The van der Waals surface area contributed by atoms with E-state index < -0.39 is 10.0 Å². The van der Waals surface area contributed by atoms with Crippen LogP contribution in [0.5, 0.6) is 0 Å². The van der Waals surface area contributed by atoms with Crippen molar-refractivity contribution in [2.45, 2.75) is 25.2 Å². The molecule has 18 heavy (non-hydrogen) atoms. The molecule has 0 unspecified atom stereocenters. The van der Waals surface area contributed by atoms with E-state index in [2.05, 4.69) is 6.92 Å². The summed E-state index contributed by atoms with van der Waals surface area (Å²) in [6.07, 6.45) is 0.804. The minimum Gasteiger partial charge on any atom is -0.207 e. The zero-order chi connectivity index (χ0) is 13.3. The molecule has 98 valence electrons. The lowest BCUT2D eigenvalue weighted by molar-refractivity contribution is 0.421. The lowest BCUT2D eigenvalue weighted by Gasteiger charge is -2.27. The van der Waals surface area contributed by atoms with Crippen LogP contribution in [0.25, 0.3) is 0 Å². The monoisotopic (exact) mass is 285 g/mol. The van der Waals surface area contributed by atoms with Gasteiger partial charge in [0.05, 0.1) is 4.90 Å². The molecule has 2 rings (SSSR count). The molecular weight excluding hydrogens is 270 g/mol. The highest BCUT2D eigenvalue weighted by atomic mass is 35.5. The first kappa shape index (κ1) is 13.6. The highest BCUT2D eigenvalue weighted by Crippen LogP contribution is 2.24. The van der Waals surface area contributed by atoms with Gasteiger partial charge < -0.3 is 0 Å². The number of hydrogen-bond acceptors (Lipinski definition) is 2. The van der Waals surface area contributed by atoms with Crippen LogP contribution in [0.1, 0.15) is 20.3 Å². The summed E-state index contributed by atoms with van der Waals surface area (Å²) in [6, 6.07) is 6.31. The third kappa shape index (κ3) is 2.60. The quantitative estimate of drug-likeness (QED) is 0.783. The van der Waals surface area contributed by atoms with Crippen molar-refractivity contribution in [1.82, 2.24) is 4.31 Å². The molecule has 0 saturated carbocycles. The van der Waals surface area contributed by atoms with E-state index in [1.807, 2.05) is 6.92 Å². The van der Waals surface area contributed by atoms with Gasteiger partial charge in [-0.05, 0) is 44.5 Å². The zero-order valence-electron chi connectivity index (χ0n) is 10.5. The Hall–Kier alpha value is -0.840. The van der Waals surface area contributed by atoms with Gasteiger partial charge in [0.15, 0.2) is 0 Å². The van der Waals surface area contributed by atoms with Crippen LogP contribution in [-0.2, 0) is 10.0 Å². The summed E-state index contributed by atoms with van der Waals surface area (Å²) in [5.41, 5.74) is 2.43. The molecule has 5 heteroatoms. The highest BCUT2D eigenvalue weighted by Gasteiger charge is 2.27. The summed E-state index contributed by atoms with van der Waals surface area (Å²) >= 11 is 5.77. The number of benzene rings is 1. The largest absolute Gasteiger partial charge is 0.243 e. The second kappa shape index (κ2) is 5.03. The first-order valence-corrected chi connectivity index (χ1v) is 7.64. The van der Waals surface area contributed by atoms with Crippen molar-refractivity contribution >= 4 is 21.6 Å². The van der Waals surface area contributed by atoms with Crippen LogP contribution in [0.4, 0.5) is 0 Å². The Morgan fingerprint density at radius 3 is 2.28 bits per heavy atom. The lowest BCUT2D eigenvalue weighted by atomic mass is 10.1. The highest BCUT2D eigenvalue weighted by molar-refractivity contribution is 7.89. The van der Waals surface area contributed by atoms with E-state index in [0.29, 0.717) is 23.0 Å². The smallest absolute Gasteiger partial charge is 0.207 e. The van der Waals surface area contributed by atoms with Gasteiger partial charge in [-0.1, -0.05) is 22.7 Å². The number of halogens is 1. The minimum absolute atomic E-state index is 0.305. The van der Waals surface area contributed by atoms with E-state index in [0.717, 1.165) is 12.0 Å². The maximum Gasteiger partial charge on any atom is 0.243 e. The van der Waals surface area contributed by atoms with Gasteiger partial charge in [0.2, 0.25) is 10.0 Å². The molecule has 1 aromatic carbocycles. The molecule has 0 bridgehead atoms. The summed E-state index contributed by atoms with van der Waals surface area (Å²) in [4.78, 5) is 0.305. The Labute approximate surface area is 113 Å². The third-order valence-corrected chi connectivity index (χ3v) is 5.44. The van der Waals surface area contributed by atoms with Gasteiger partial charge in [0.1, 0.15) is 0 Å². The van der Waals surface area contributed by atoms with Crippen molar-refractivity contribution in [2.24, 2.45) is 0 Å². The fraction of sp³-hybridized carbons (Fsp3) is 0.385. The van der Waals surface area contributed by atoms with E-state index in [9.17, 15) is 8.42 Å². The number of sulfonamides is 1. The molecule has 0 fully saturated rings. The van der Waals surface area contributed by atoms with E-state index in [1.54, 1.807) is 24.3 Å². The molecule has 0 saturated heterocycles. The first-order chi connectivity index (χ1) is 8.41. The molecule has 0 atom stereocenters. The molecule has 1 heterocycles. The Morgan fingerprint density at radius 1 is 1.11 bits per heavy atom. The molecule has 0 N–H and O–H groups in total. The van der Waals surface area contributed by atoms with Crippen LogP contribution in [-0.4, -0.2) is 25.8 Å². The van der Waals surface area contributed by atoms with Gasteiger partial charge in [-0.25, -0.2) is 8.42 Å². The second-order valence-electron chi connectivity index (χ2n) is 4.60. The third-order valence-electron chi connectivity index (χ3n) is 3.33. The predicted molar refractivity (Wildman–Crippen MR) is 73.2 cm³/mol. The van der Waals surface area contributed by atoms with Crippen molar-refractivity contribution in [3.05, 3.63) is 40.4 Å². The average Bonchev–Trinajstić information content (AvgIpc) is 2.33. The molecule has 3 nitrogen and oxygen atoms in total. The summed E-state index contributed by atoms with van der Waals surface area (Å²) < 4.78 is 26.3. The van der Waals surface area contributed by atoms with Crippen molar-refractivity contribution < 1.29 is 8.42 Å². The first-order valence-electron chi connectivity index (χ1n) is 5.82. The van der Waals surface area contributed by atoms with Gasteiger partial charge in [-0.3, -0.25) is 0 Å². The SMILES string of the molecule is CC1=C(C)CN(S(=O)(=O)c2ccc(Cl)cc2)CC1. The topological polar surface area (TPSA) is 37.4 Å². The minimum atomic E-state index is -3.39. The van der Waals surface area contributed by atoms with Crippen LogP contribution in [0.3, 0.4) is 0 Å². The molecule has 0 aliphatic carbocycles. The molecule has 1 aromatic rings. The van der Waals surface area contributed by atoms with Gasteiger partial charge >= 0.3 is 0 Å². The molecule has 0 spiro atoms. The van der Waals surface area contributed by atoms with Crippen LogP contribution in [0.2, 0.25) is 5.02 Å². The van der Waals surface area contributed by atoms with Crippen LogP contribution >= 0.6 is 11.6 Å². The van der Waals surface area contributed by atoms with Gasteiger partial charge in [-0.2, -0.15) is 4.31 Å². The second-order valence-corrected chi connectivity index (χ2v) is 6.98. The maximum absolute atomic E-state index is 12.4. The summed E-state index contributed by atoms with van der Waals surface area (Å²) in [7, 11) is -3.39. The van der Waals surface area contributed by atoms with Gasteiger partial charge in [0.25, 0.3) is 0 Å². The summed E-state index contributed by atoms with van der Waals surface area (Å²) in [5, 5.41) is 0.541. The molecule has 0 radical (unpaired) electrons. The lowest BCUT2D eigenvalue weighted by Crippen LogP contribution is -2.36. The zero-order valence-corrected chi connectivity index (χ0v) is 12.1. The van der Waals surface area contributed by atoms with E-state index >= 15 is 0 Å². The molecular formula is C13H16ClNO2S. The van der Waals surface area contributed by atoms with Gasteiger partial charge in [-0.15, -0.1) is 0 Å². The van der Waals surface area contributed by atoms with Crippen LogP contribution in [0, 0.1) is 0 Å². The Morgan fingerprint density at radius 2 is 1.72 bits per heavy atom. The van der Waals surface area contributed by atoms with Crippen LogP contribution in [0.15, 0.2) is 40.3 Å².